The lowest BCUT2D eigenvalue weighted by atomic mass is 10.1. The topological polar surface area (TPSA) is 34.9 Å². The molecule has 0 aliphatic heterocycles. The van der Waals surface area contributed by atoms with Crippen molar-refractivity contribution in [2.24, 2.45) is 0 Å². The zero-order valence-electron chi connectivity index (χ0n) is 10.9. The summed E-state index contributed by atoms with van der Waals surface area (Å²) >= 11 is 6.16. The van der Waals surface area contributed by atoms with E-state index in [-0.39, 0.29) is 5.78 Å². The highest BCUT2D eigenvalue weighted by Gasteiger charge is 2.15. The van der Waals surface area contributed by atoms with Crippen molar-refractivity contribution >= 4 is 17.4 Å². The molecule has 0 atom stereocenters. The molecular formula is C13H21ClN2O. The Labute approximate surface area is 108 Å². The Morgan fingerprint density at radius 1 is 1.35 bits per heavy atom. The van der Waals surface area contributed by atoms with Gasteiger partial charge in [0.15, 0.2) is 0 Å². The molecule has 0 N–H and O–H groups in total. The molecule has 1 aromatic rings. The standard InChI is InChI=1S/C13H21ClN2O/c1-4-6-7-8-11(17)9-12-13(14)10(3)15-16(12)5-2/h4-9H2,1-3H3. The largest absolute Gasteiger partial charge is 0.299 e. The number of aromatic nitrogens is 2. The summed E-state index contributed by atoms with van der Waals surface area (Å²) in [4.78, 5) is 11.8. The van der Waals surface area contributed by atoms with Gasteiger partial charge in [-0.25, -0.2) is 0 Å². The molecule has 0 amide bonds. The van der Waals surface area contributed by atoms with Crippen LogP contribution in [0.5, 0.6) is 0 Å². The number of carbonyl (C=O) groups excluding carboxylic acids is 1. The number of hydrogen-bond donors (Lipinski definition) is 0. The van der Waals surface area contributed by atoms with Gasteiger partial charge in [0.1, 0.15) is 5.78 Å². The van der Waals surface area contributed by atoms with Gasteiger partial charge in [-0.1, -0.05) is 31.4 Å². The Morgan fingerprint density at radius 3 is 2.65 bits per heavy atom. The van der Waals surface area contributed by atoms with Crippen molar-refractivity contribution in [1.82, 2.24) is 9.78 Å². The molecule has 17 heavy (non-hydrogen) atoms. The number of rotatable bonds is 7. The van der Waals surface area contributed by atoms with Gasteiger partial charge in [-0.3, -0.25) is 9.48 Å². The molecule has 0 fully saturated rings. The van der Waals surface area contributed by atoms with E-state index in [9.17, 15) is 4.79 Å². The predicted octanol–water partition coefficient (Wildman–Crippen LogP) is 3.56. The molecule has 0 bridgehead atoms. The number of aryl methyl sites for hydroxylation is 2. The van der Waals surface area contributed by atoms with Crippen molar-refractivity contribution in [2.45, 2.75) is 59.4 Å². The molecule has 0 spiro atoms. The molecule has 0 unspecified atom stereocenters. The first-order valence-electron chi connectivity index (χ1n) is 6.33. The van der Waals surface area contributed by atoms with Crippen molar-refractivity contribution in [3.63, 3.8) is 0 Å². The third kappa shape index (κ3) is 3.84. The molecule has 0 aliphatic rings. The van der Waals surface area contributed by atoms with Gasteiger partial charge >= 0.3 is 0 Å². The van der Waals surface area contributed by atoms with Crippen LogP contribution in [0.2, 0.25) is 5.02 Å². The zero-order valence-corrected chi connectivity index (χ0v) is 11.7. The second-order valence-electron chi connectivity index (χ2n) is 4.33. The smallest absolute Gasteiger partial charge is 0.138 e. The van der Waals surface area contributed by atoms with E-state index in [2.05, 4.69) is 12.0 Å². The number of unbranched alkanes of at least 4 members (excludes halogenated alkanes) is 2. The van der Waals surface area contributed by atoms with E-state index in [0.29, 0.717) is 17.9 Å². The molecule has 0 saturated carbocycles. The molecule has 96 valence electrons. The van der Waals surface area contributed by atoms with E-state index < -0.39 is 0 Å². The monoisotopic (exact) mass is 256 g/mol. The SMILES string of the molecule is CCCCCC(=O)Cc1c(Cl)c(C)nn1CC. The summed E-state index contributed by atoms with van der Waals surface area (Å²) in [6.45, 7) is 6.77. The Bertz CT molecular complexity index is 385. The van der Waals surface area contributed by atoms with E-state index in [1.807, 2.05) is 18.5 Å². The molecule has 0 saturated heterocycles. The maximum absolute atomic E-state index is 11.8. The van der Waals surface area contributed by atoms with Gasteiger partial charge in [0, 0.05) is 19.4 Å². The molecule has 3 nitrogen and oxygen atoms in total. The third-order valence-corrected chi connectivity index (χ3v) is 3.37. The van der Waals surface area contributed by atoms with Crippen molar-refractivity contribution < 1.29 is 4.79 Å². The molecule has 0 aromatic carbocycles. The van der Waals surface area contributed by atoms with Crippen LogP contribution in [0.3, 0.4) is 0 Å². The second-order valence-corrected chi connectivity index (χ2v) is 4.71. The van der Waals surface area contributed by atoms with Gasteiger partial charge in [-0.2, -0.15) is 5.10 Å². The van der Waals surface area contributed by atoms with Crippen LogP contribution in [0.15, 0.2) is 0 Å². The molecular weight excluding hydrogens is 236 g/mol. The number of carbonyl (C=O) groups is 1. The number of nitrogens with zero attached hydrogens (tertiary/aromatic N) is 2. The summed E-state index contributed by atoms with van der Waals surface area (Å²) in [7, 11) is 0. The van der Waals surface area contributed by atoms with Crippen LogP contribution >= 0.6 is 11.6 Å². The molecule has 1 heterocycles. The highest BCUT2D eigenvalue weighted by Crippen LogP contribution is 2.21. The van der Waals surface area contributed by atoms with Crippen molar-refractivity contribution in [1.29, 1.82) is 0 Å². The fraction of sp³-hybridized carbons (Fsp3) is 0.692. The fourth-order valence-electron chi connectivity index (χ4n) is 1.89. The van der Waals surface area contributed by atoms with E-state index >= 15 is 0 Å². The van der Waals surface area contributed by atoms with Gasteiger partial charge < -0.3 is 0 Å². The van der Waals surface area contributed by atoms with Crippen LogP contribution in [0.25, 0.3) is 0 Å². The molecule has 1 aromatic heterocycles. The maximum atomic E-state index is 11.8. The minimum atomic E-state index is 0.259. The lowest BCUT2D eigenvalue weighted by molar-refractivity contribution is -0.118. The van der Waals surface area contributed by atoms with Gasteiger partial charge in [-0.05, 0) is 20.3 Å². The summed E-state index contributed by atoms with van der Waals surface area (Å²) < 4.78 is 1.83. The van der Waals surface area contributed by atoms with E-state index in [0.717, 1.165) is 37.2 Å². The highest BCUT2D eigenvalue weighted by molar-refractivity contribution is 6.32. The lowest BCUT2D eigenvalue weighted by Gasteiger charge is -2.04. The molecule has 1 rings (SSSR count). The minimum absolute atomic E-state index is 0.259. The average Bonchev–Trinajstić information content (AvgIpc) is 2.57. The van der Waals surface area contributed by atoms with Crippen molar-refractivity contribution in [2.75, 3.05) is 0 Å². The summed E-state index contributed by atoms with van der Waals surface area (Å²) in [6, 6.07) is 0. The maximum Gasteiger partial charge on any atom is 0.138 e. The van der Waals surface area contributed by atoms with Gasteiger partial charge in [0.2, 0.25) is 0 Å². The normalized spacial score (nSPS) is 10.8. The number of halogens is 1. The average molecular weight is 257 g/mol. The lowest BCUT2D eigenvalue weighted by Crippen LogP contribution is -2.09. The predicted molar refractivity (Wildman–Crippen MR) is 70.5 cm³/mol. The Balaban J connectivity index is 2.64. The van der Waals surface area contributed by atoms with Crippen LogP contribution in [-0.4, -0.2) is 15.6 Å². The van der Waals surface area contributed by atoms with Gasteiger partial charge in [0.25, 0.3) is 0 Å². The second kappa shape index (κ2) is 6.80. The fourth-order valence-corrected chi connectivity index (χ4v) is 2.09. The zero-order chi connectivity index (χ0) is 12.8. The highest BCUT2D eigenvalue weighted by atomic mass is 35.5. The van der Waals surface area contributed by atoms with E-state index in [4.69, 9.17) is 11.6 Å². The van der Waals surface area contributed by atoms with Crippen LogP contribution in [0, 0.1) is 6.92 Å². The molecule has 4 heteroatoms. The summed E-state index contributed by atoms with van der Waals surface area (Å²) in [6.07, 6.45) is 4.30. The quantitative estimate of drug-likeness (QED) is 0.699. The summed E-state index contributed by atoms with van der Waals surface area (Å²) in [5, 5.41) is 4.96. The van der Waals surface area contributed by atoms with Crippen LogP contribution in [-0.2, 0) is 17.8 Å². The van der Waals surface area contributed by atoms with Crippen molar-refractivity contribution in [3.8, 4) is 0 Å². The third-order valence-electron chi connectivity index (χ3n) is 2.88. The van der Waals surface area contributed by atoms with Gasteiger partial charge in [0.05, 0.1) is 16.4 Å². The first kappa shape index (κ1) is 14.2. The van der Waals surface area contributed by atoms with E-state index in [1.54, 1.807) is 0 Å². The van der Waals surface area contributed by atoms with E-state index in [1.165, 1.54) is 0 Å². The summed E-state index contributed by atoms with van der Waals surface area (Å²) in [5.74, 6) is 0.259. The number of Topliss-reactive ketones (excluding diaryl/α,β-unsaturated/α-hetero) is 1. The molecule has 0 aliphatic carbocycles. The Morgan fingerprint density at radius 2 is 2.06 bits per heavy atom. The van der Waals surface area contributed by atoms with Crippen LogP contribution in [0.1, 0.15) is 50.9 Å². The first-order valence-corrected chi connectivity index (χ1v) is 6.71. The minimum Gasteiger partial charge on any atom is -0.299 e. The van der Waals surface area contributed by atoms with Crippen LogP contribution in [0.4, 0.5) is 0 Å². The Hall–Kier alpha value is -0.830. The Kier molecular flexibility index (Phi) is 5.69. The number of ketones is 1. The first-order chi connectivity index (χ1) is 8.10. The van der Waals surface area contributed by atoms with Crippen molar-refractivity contribution in [3.05, 3.63) is 16.4 Å². The van der Waals surface area contributed by atoms with Crippen LogP contribution < -0.4 is 0 Å². The molecule has 0 radical (unpaired) electrons. The van der Waals surface area contributed by atoms with Gasteiger partial charge in [-0.15, -0.1) is 0 Å². The summed E-state index contributed by atoms with van der Waals surface area (Å²) in [5.41, 5.74) is 1.68. The number of hydrogen-bond acceptors (Lipinski definition) is 2.